The quantitative estimate of drug-likeness (QED) is 0.430. The lowest BCUT2D eigenvalue weighted by atomic mass is 9.98. The van der Waals surface area contributed by atoms with Crippen molar-refractivity contribution in [3.05, 3.63) is 78.4 Å². The second-order valence-electron chi connectivity index (χ2n) is 8.00. The zero-order valence-corrected chi connectivity index (χ0v) is 19.0. The van der Waals surface area contributed by atoms with Crippen molar-refractivity contribution in [2.45, 2.75) is 6.92 Å². The van der Waals surface area contributed by atoms with Gasteiger partial charge in [0.15, 0.2) is 0 Å². The second kappa shape index (κ2) is 8.40. The van der Waals surface area contributed by atoms with E-state index in [9.17, 15) is 4.79 Å². The fourth-order valence-electron chi connectivity index (χ4n) is 4.10. The highest BCUT2D eigenvalue weighted by atomic mass is 16.5. The van der Waals surface area contributed by atoms with Crippen molar-refractivity contribution in [2.75, 3.05) is 7.11 Å². The van der Waals surface area contributed by atoms with E-state index in [1.165, 1.54) is 6.33 Å². The van der Waals surface area contributed by atoms with E-state index in [1.54, 1.807) is 24.1 Å². The van der Waals surface area contributed by atoms with Crippen LogP contribution in [0, 0.1) is 6.92 Å². The van der Waals surface area contributed by atoms with Crippen molar-refractivity contribution < 1.29 is 9.53 Å². The number of benzene rings is 2. The molecule has 2 aromatic carbocycles. The van der Waals surface area contributed by atoms with Gasteiger partial charge in [-0.25, -0.2) is 9.97 Å². The fraction of sp³-hybridized carbons (Fsp3) is 0.115. The van der Waals surface area contributed by atoms with E-state index in [-0.39, 0.29) is 0 Å². The van der Waals surface area contributed by atoms with Crippen molar-refractivity contribution in [3.63, 3.8) is 0 Å². The van der Waals surface area contributed by atoms with Crippen LogP contribution in [0.15, 0.2) is 67.3 Å². The summed E-state index contributed by atoms with van der Waals surface area (Å²) in [7, 11) is 3.45. The Labute approximate surface area is 196 Å². The number of amides is 1. The van der Waals surface area contributed by atoms with Crippen molar-refractivity contribution in [3.8, 4) is 39.5 Å². The first-order chi connectivity index (χ1) is 16.5. The number of hydrogen-bond acceptors (Lipinski definition) is 6. The third-order valence-corrected chi connectivity index (χ3v) is 5.63. The van der Waals surface area contributed by atoms with Crippen LogP contribution in [0.5, 0.6) is 5.75 Å². The number of primary amides is 1. The standard InChI is InChI=1S/C26H22N6O2/c1-15-9-19(26(27)33)25(28-12-15)18-10-17-21(11-22(18)34-3)29-14-30-24(17)20-13-32(2)31-23(20)16-7-5-4-6-8-16/h4-14H,1-3H3,(H2,27,33). The molecule has 8 heteroatoms. The van der Waals surface area contributed by atoms with Crippen LogP contribution in [-0.4, -0.2) is 37.7 Å². The summed E-state index contributed by atoms with van der Waals surface area (Å²) in [5.41, 5.74) is 12.0. The molecular weight excluding hydrogens is 428 g/mol. The number of hydrogen-bond donors (Lipinski definition) is 1. The van der Waals surface area contributed by atoms with Crippen LogP contribution in [0.3, 0.4) is 0 Å². The predicted molar refractivity (Wildman–Crippen MR) is 130 cm³/mol. The Morgan fingerprint density at radius 2 is 1.76 bits per heavy atom. The van der Waals surface area contributed by atoms with Gasteiger partial charge in [-0.2, -0.15) is 5.10 Å². The number of carbonyl (C=O) groups excluding carboxylic acids is 1. The monoisotopic (exact) mass is 450 g/mol. The van der Waals surface area contributed by atoms with Gasteiger partial charge in [0, 0.05) is 47.6 Å². The summed E-state index contributed by atoms with van der Waals surface area (Å²) in [5.74, 6) is -0.0259. The lowest BCUT2D eigenvalue weighted by Gasteiger charge is -2.14. The van der Waals surface area contributed by atoms with Gasteiger partial charge in [-0.15, -0.1) is 0 Å². The molecule has 1 amide bonds. The molecule has 168 valence electrons. The summed E-state index contributed by atoms with van der Waals surface area (Å²) in [6.45, 7) is 1.86. The van der Waals surface area contributed by atoms with E-state index < -0.39 is 5.91 Å². The Hall–Kier alpha value is -4.59. The third kappa shape index (κ3) is 3.65. The normalized spacial score (nSPS) is 11.0. The number of nitrogens with two attached hydrogens (primary N) is 1. The smallest absolute Gasteiger partial charge is 0.250 e. The second-order valence-corrected chi connectivity index (χ2v) is 8.00. The van der Waals surface area contributed by atoms with E-state index in [2.05, 4.69) is 20.1 Å². The van der Waals surface area contributed by atoms with Crippen molar-refractivity contribution in [1.82, 2.24) is 24.7 Å². The molecule has 0 saturated heterocycles. The molecule has 0 saturated carbocycles. The molecular formula is C26H22N6O2. The van der Waals surface area contributed by atoms with Gasteiger partial charge < -0.3 is 10.5 Å². The van der Waals surface area contributed by atoms with Crippen LogP contribution < -0.4 is 10.5 Å². The maximum absolute atomic E-state index is 12.2. The van der Waals surface area contributed by atoms with Gasteiger partial charge in [0.25, 0.3) is 5.91 Å². The van der Waals surface area contributed by atoms with Crippen LogP contribution in [0.25, 0.3) is 44.7 Å². The number of fused-ring (bicyclic) bond motifs is 1. The summed E-state index contributed by atoms with van der Waals surface area (Å²) < 4.78 is 7.41. The fourth-order valence-corrected chi connectivity index (χ4v) is 4.10. The van der Waals surface area contributed by atoms with Gasteiger partial charge >= 0.3 is 0 Å². The maximum Gasteiger partial charge on any atom is 0.250 e. The van der Waals surface area contributed by atoms with Gasteiger partial charge in [-0.3, -0.25) is 14.5 Å². The Morgan fingerprint density at radius 3 is 2.50 bits per heavy atom. The van der Waals surface area contributed by atoms with E-state index >= 15 is 0 Å². The molecule has 3 aromatic heterocycles. The van der Waals surface area contributed by atoms with Crippen molar-refractivity contribution >= 4 is 16.8 Å². The van der Waals surface area contributed by atoms with Gasteiger partial charge in [-0.1, -0.05) is 30.3 Å². The zero-order chi connectivity index (χ0) is 23.8. The molecule has 0 unspecified atom stereocenters. The third-order valence-electron chi connectivity index (χ3n) is 5.63. The van der Waals surface area contributed by atoms with Crippen LogP contribution in [0.1, 0.15) is 15.9 Å². The number of pyridine rings is 1. The Bertz CT molecular complexity index is 1540. The number of carbonyl (C=O) groups is 1. The molecule has 0 fully saturated rings. The summed E-state index contributed by atoms with van der Waals surface area (Å²) >= 11 is 0. The minimum absolute atomic E-state index is 0.322. The number of nitrogens with zero attached hydrogens (tertiary/aromatic N) is 5. The first-order valence-corrected chi connectivity index (χ1v) is 10.6. The van der Waals surface area contributed by atoms with E-state index in [0.29, 0.717) is 33.8 Å². The Morgan fingerprint density at radius 1 is 0.971 bits per heavy atom. The van der Waals surface area contributed by atoms with Gasteiger partial charge in [0.05, 0.1) is 29.6 Å². The van der Waals surface area contributed by atoms with E-state index in [1.807, 2.05) is 62.6 Å². The maximum atomic E-state index is 12.2. The average molecular weight is 451 g/mol. The summed E-state index contributed by atoms with van der Waals surface area (Å²) in [4.78, 5) is 25.8. The highest BCUT2D eigenvalue weighted by molar-refractivity contribution is 6.03. The van der Waals surface area contributed by atoms with Crippen LogP contribution in [0.4, 0.5) is 0 Å². The molecule has 0 bridgehead atoms. The molecule has 0 aliphatic heterocycles. The van der Waals surface area contributed by atoms with Crippen LogP contribution >= 0.6 is 0 Å². The lowest BCUT2D eigenvalue weighted by molar-refractivity contribution is 0.100. The number of aromatic nitrogens is 5. The van der Waals surface area contributed by atoms with Crippen molar-refractivity contribution in [1.29, 1.82) is 0 Å². The number of methoxy groups -OCH3 is 1. The van der Waals surface area contributed by atoms with E-state index in [0.717, 1.165) is 27.8 Å². The lowest BCUT2D eigenvalue weighted by Crippen LogP contribution is -2.13. The van der Waals surface area contributed by atoms with Crippen LogP contribution in [0.2, 0.25) is 0 Å². The highest BCUT2D eigenvalue weighted by Crippen LogP contribution is 2.39. The topological polar surface area (TPSA) is 109 Å². The number of rotatable bonds is 5. The van der Waals surface area contributed by atoms with Crippen molar-refractivity contribution in [2.24, 2.45) is 12.8 Å². The summed E-state index contributed by atoms with van der Waals surface area (Å²) in [6.07, 6.45) is 5.16. The van der Waals surface area contributed by atoms with Gasteiger partial charge in [-0.05, 0) is 24.6 Å². The number of ether oxygens (including phenoxy) is 1. The molecule has 0 aliphatic rings. The largest absolute Gasteiger partial charge is 0.496 e. The zero-order valence-electron chi connectivity index (χ0n) is 19.0. The molecule has 8 nitrogen and oxygen atoms in total. The first kappa shape index (κ1) is 21.3. The van der Waals surface area contributed by atoms with E-state index in [4.69, 9.17) is 10.5 Å². The molecule has 0 radical (unpaired) electrons. The molecule has 0 aliphatic carbocycles. The SMILES string of the molecule is COc1cc2ncnc(-c3cn(C)nc3-c3ccccc3)c2cc1-c1ncc(C)cc1C(N)=O. The molecule has 34 heavy (non-hydrogen) atoms. The minimum Gasteiger partial charge on any atom is -0.496 e. The molecule has 5 rings (SSSR count). The van der Waals surface area contributed by atoms with Gasteiger partial charge in [0.2, 0.25) is 0 Å². The Balaban J connectivity index is 1.80. The predicted octanol–water partition coefficient (Wildman–Crippen LogP) is 4.18. The number of aryl methyl sites for hydroxylation is 2. The first-order valence-electron chi connectivity index (χ1n) is 10.6. The highest BCUT2D eigenvalue weighted by Gasteiger charge is 2.21. The summed E-state index contributed by atoms with van der Waals surface area (Å²) in [5, 5.41) is 5.46. The average Bonchev–Trinajstić information content (AvgIpc) is 3.24. The van der Waals surface area contributed by atoms with Gasteiger partial charge in [0.1, 0.15) is 17.8 Å². The molecule has 0 atom stereocenters. The molecule has 2 N–H and O–H groups in total. The van der Waals surface area contributed by atoms with Crippen LogP contribution in [-0.2, 0) is 7.05 Å². The molecule has 0 spiro atoms. The minimum atomic E-state index is -0.559. The summed E-state index contributed by atoms with van der Waals surface area (Å²) in [6, 6.07) is 15.4. The molecule has 3 heterocycles. The Kier molecular flexibility index (Phi) is 5.25. The molecule has 5 aromatic rings.